The molecule has 2 saturated heterocycles. The molecule has 3 N–H and O–H groups in total. The minimum Gasteiger partial charge on any atom is -0.388 e. The lowest BCUT2D eigenvalue weighted by Crippen LogP contribution is -2.60. The number of carbonyl (C=O) groups excluding carboxylic acids is 1. The van der Waals surface area contributed by atoms with E-state index in [1.165, 1.54) is 6.92 Å². The first kappa shape index (κ1) is 9.85. The number of rotatable bonds is 1. The first-order chi connectivity index (χ1) is 6.59. The van der Waals surface area contributed by atoms with Crippen LogP contribution in [0.3, 0.4) is 0 Å². The van der Waals surface area contributed by atoms with Crippen molar-refractivity contribution in [3.8, 4) is 0 Å². The summed E-state index contributed by atoms with van der Waals surface area (Å²) in [5.74, 6) is -0.268. The number of hydrogen-bond acceptors (Lipinski definition) is 5. The van der Waals surface area contributed by atoms with E-state index < -0.39 is 24.5 Å². The van der Waals surface area contributed by atoms with Crippen LogP contribution in [0.4, 0.5) is 0 Å². The molecule has 0 spiro atoms. The second kappa shape index (κ2) is 3.47. The maximum atomic E-state index is 10.8. The standard InChI is InChI=1S/C8H13NO5/c1-3(10)9-5-4-2-13-8(14-4)7(12)6(5)11/h4-8,11-12H,2H2,1H3,(H,9,10)/t4-,5-,6+,7-,8-/m1/s1. The normalized spacial score (nSPS) is 46.4. The maximum absolute atomic E-state index is 10.8. The Morgan fingerprint density at radius 2 is 2.14 bits per heavy atom. The predicted molar refractivity (Wildman–Crippen MR) is 44.2 cm³/mol. The zero-order valence-electron chi connectivity index (χ0n) is 7.71. The van der Waals surface area contributed by atoms with Gasteiger partial charge in [-0.2, -0.15) is 0 Å². The third-order valence-corrected chi connectivity index (χ3v) is 2.50. The first-order valence-corrected chi connectivity index (χ1v) is 4.50. The zero-order valence-corrected chi connectivity index (χ0v) is 7.71. The fraction of sp³-hybridized carbons (Fsp3) is 0.875. The lowest BCUT2D eigenvalue weighted by Gasteiger charge is -2.35. The van der Waals surface area contributed by atoms with Crippen LogP contribution in [0.15, 0.2) is 0 Å². The summed E-state index contributed by atoms with van der Waals surface area (Å²) in [6, 6.07) is -0.596. The number of carbonyl (C=O) groups is 1. The molecule has 1 amide bonds. The Morgan fingerprint density at radius 1 is 1.43 bits per heavy atom. The minimum atomic E-state index is -1.11. The highest BCUT2D eigenvalue weighted by Gasteiger charge is 2.49. The fourth-order valence-electron chi connectivity index (χ4n) is 1.81. The van der Waals surface area contributed by atoms with Crippen LogP contribution in [-0.4, -0.2) is 53.4 Å². The number of amides is 1. The van der Waals surface area contributed by atoms with Crippen LogP contribution >= 0.6 is 0 Å². The molecule has 0 aliphatic carbocycles. The fourth-order valence-corrected chi connectivity index (χ4v) is 1.81. The molecule has 80 valence electrons. The quantitative estimate of drug-likeness (QED) is 0.457. The van der Waals surface area contributed by atoms with Gasteiger partial charge >= 0.3 is 0 Å². The van der Waals surface area contributed by atoms with Gasteiger partial charge in [-0.05, 0) is 0 Å². The minimum absolute atomic E-state index is 0.268. The van der Waals surface area contributed by atoms with Gasteiger partial charge in [0.05, 0.1) is 12.6 Å². The van der Waals surface area contributed by atoms with Crippen LogP contribution in [0.1, 0.15) is 6.92 Å². The van der Waals surface area contributed by atoms with Crippen LogP contribution in [0.5, 0.6) is 0 Å². The van der Waals surface area contributed by atoms with Gasteiger partial charge in [0.25, 0.3) is 0 Å². The molecule has 0 radical (unpaired) electrons. The molecule has 2 aliphatic heterocycles. The van der Waals surface area contributed by atoms with Crippen molar-refractivity contribution in [3.05, 3.63) is 0 Å². The van der Waals surface area contributed by atoms with Gasteiger partial charge in [0.1, 0.15) is 18.3 Å². The number of aliphatic hydroxyl groups excluding tert-OH is 2. The Morgan fingerprint density at radius 3 is 2.79 bits per heavy atom. The molecule has 2 aliphatic rings. The number of nitrogens with one attached hydrogen (secondary N) is 1. The molecule has 5 atom stereocenters. The van der Waals surface area contributed by atoms with Gasteiger partial charge in [-0.25, -0.2) is 0 Å². The largest absolute Gasteiger partial charge is 0.388 e. The molecular weight excluding hydrogens is 190 g/mol. The Bertz CT molecular complexity index is 246. The average molecular weight is 203 g/mol. The summed E-state index contributed by atoms with van der Waals surface area (Å²) in [7, 11) is 0. The number of fused-ring (bicyclic) bond motifs is 2. The van der Waals surface area contributed by atoms with Crippen molar-refractivity contribution in [1.29, 1.82) is 0 Å². The Kier molecular flexibility index (Phi) is 2.44. The molecule has 6 heteroatoms. The number of hydrogen-bond donors (Lipinski definition) is 3. The predicted octanol–water partition coefficient (Wildman–Crippen LogP) is -2.03. The van der Waals surface area contributed by atoms with E-state index in [-0.39, 0.29) is 18.6 Å². The van der Waals surface area contributed by atoms with E-state index in [0.717, 1.165) is 0 Å². The Labute approximate surface area is 80.8 Å². The summed E-state index contributed by atoms with van der Waals surface area (Å²) in [4.78, 5) is 10.8. The van der Waals surface area contributed by atoms with Crippen LogP contribution in [-0.2, 0) is 14.3 Å². The summed E-state index contributed by atoms with van der Waals surface area (Å²) in [5, 5.41) is 21.7. The van der Waals surface area contributed by atoms with Gasteiger partial charge < -0.3 is 25.0 Å². The molecule has 2 fully saturated rings. The van der Waals surface area contributed by atoms with Crippen LogP contribution in [0.2, 0.25) is 0 Å². The van der Waals surface area contributed by atoms with Crippen molar-refractivity contribution < 1.29 is 24.5 Å². The van der Waals surface area contributed by atoms with E-state index in [1.54, 1.807) is 0 Å². The summed E-state index contributed by atoms with van der Waals surface area (Å²) < 4.78 is 10.3. The van der Waals surface area contributed by atoms with E-state index in [1.807, 2.05) is 0 Å². The molecule has 0 unspecified atom stereocenters. The number of aliphatic hydroxyl groups is 2. The summed E-state index contributed by atoms with van der Waals surface area (Å²) in [5.41, 5.74) is 0. The highest BCUT2D eigenvalue weighted by molar-refractivity contribution is 5.73. The lowest BCUT2D eigenvalue weighted by atomic mass is 9.98. The monoisotopic (exact) mass is 203 g/mol. The molecule has 0 aromatic carbocycles. The second-order valence-electron chi connectivity index (χ2n) is 3.58. The van der Waals surface area contributed by atoms with Crippen molar-refractivity contribution in [2.45, 2.75) is 37.6 Å². The van der Waals surface area contributed by atoms with Crippen molar-refractivity contribution in [3.63, 3.8) is 0 Å². The maximum Gasteiger partial charge on any atom is 0.217 e. The van der Waals surface area contributed by atoms with Gasteiger partial charge in [0.2, 0.25) is 5.91 Å². The molecule has 2 bridgehead atoms. The smallest absolute Gasteiger partial charge is 0.217 e. The first-order valence-electron chi connectivity index (χ1n) is 4.50. The molecular formula is C8H13NO5. The zero-order chi connectivity index (χ0) is 10.3. The van der Waals surface area contributed by atoms with Gasteiger partial charge in [0.15, 0.2) is 6.29 Å². The van der Waals surface area contributed by atoms with Crippen molar-refractivity contribution in [2.24, 2.45) is 0 Å². The molecule has 0 aromatic heterocycles. The highest BCUT2D eigenvalue weighted by atomic mass is 16.7. The average Bonchev–Trinajstić information content (AvgIpc) is 2.55. The molecule has 6 nitrogen and oxygen atoms in total. The third kappa shape index (κ3) is 1.50. The van der Waals surface area contributed by atoms with Crippen molar-refractivity contribution >= 4 is 5.91 Å². The van der Waals surface area contributed by atoms with E-state index in [2.05, 4.69) is 5.32 Å². The van der Waals surface area contributed by atoms with Crippen LogP contribution in [0.25, 0.3) is 0 Å². The molecule has 0 aromatic rings. The van der Waals surface area contributed by atoms with E-state index >= 15 is 0 Å². The molecule has 0 saturated carbocycles. The second-order valence-corrected chi connectivity index (χ2v) is 3.58. The van der Waals surface area contributed by atoms with Gasteiger partial charge in [-0.3, -0.25) is 4.79 Å². The summed E-state index contributed by atoms with van der Waals surface area (Å²) in [6.07, 6.45) is -3.28. The van der Waals surface area contributed by atoms with Gasteiger partial charge in [-0.1, -0.05) is 0 Å². The Balaban J connectivity index is 2.10. The topological polar surface area (TPSA) is 88.0 Å². The van der Waals surface area contributed by atoms with Crippen LogP contribution < -0.4 is 5.32 Å². The van der Waals surface area contributed by atoms with Crippen molar-refractivity contribution in [1.82, 2.24) is 5.32 Å². The molecule has 2 rings (SSSR count). The highest BCUT2D eigenvalue weighted by Crippen LogP contribution is 2.27. The lowest BCUT2D eigenvalue weighted by molar-refractivity contribution is -0.202. The SMILES string of the molecule is CC(=O)N[C@H]1[C@H](O)[C@@H](O)[C@@H]2OC[C@H]1O2. The van der Waals surface area contributed by atoms with Gasteiger partial charge in [-0.15, -0.1) is 0 Å². The van der Waals surface area contributed by atoms with Crippen molar-refractivity contribution in [2.75, 3.05) is 6.61 Å². The molecule has 2 heterocycles. The van der Waals surface area contributed by atoms with E-state index in [9.17, 15) is 15.0 Å². The van der Waals surface area contributed by atoms with E-state index in [4.69, 9.17) is 9.47 Å². The summed E-state index contributed by atoms with van der Waals surface area (Å²) in [6.45, 7) is 1.63. The third-order valence-electron chi connectivity index (χ3n) is 2.50. The Hall–Kier alpha value is -0.690. The molecule has 14 heavy (non-hydrogen) atoms. The number of ether oxygens (including phenoxy) is 2. The summed E-state index contributed by atoms with van der Waals surface area (Å²) >= 11 is 0. The van der Waals surface area contributed by atoms with Crippen LogP contribution in [0, 0.1) is 0 Å². The van der Waals surface area contributed by atoms with E-state index in [0.29, 0.717) is 0 Å². The van der Waals surface area contributed by atoms with Gasteiger partial charge in [0, 0.05) is 6.92 Å².